The average molecular weight is 293 g/mol. The number of nitrogens with two attached hydrogens (primary N) is 1. The first-order chi connectivity index (χ1) is 10.0. The highest BCUT2D eigenvalue weighted by atomic mass is 16.5. The predicted molar refractivity (Wildman–Crippen MR) is 83.0 cm³/mol. The molecule has 2 amide bonds. The topological polar surface area (TPSA) is 93.5 Å². The molecule has 0 saturated carbocycles. The van der Waals surface area contributed by atoms with E-state index in [-0.39, 0.29) is 18.4 Å². The molecule has 1 aromatic carbocycles. The summed E-state index contributed by atoms with van der Waals surface area (Å²) in [5.41, 5.74) is 6.78. The molecule has 1 aromatic rings. The van der Waals surface area contributed by atoms with Crippen molar-refractivity contribution >= 4 is 23.2 Å². The number of hydrogen-bond acceptors (Lipinski definition) is 4. The van der Waals surface area contributed by atoms with Gasteiger partial charge in [-0.15, -0.1) is 0 Å². The summed E-state index contributed by atoms with van der Waals surface area (Å²) in [7, 11) is 1.46. The fourth-order valence-corrected chi connectivity index (χ4v) is 1.72. The fraction of sp³-hybridized carbons (Fsp3) is 0.467. The lowest BCUT2D eigenvalue weighted by Gasteiger charge is -2.10. The van der Waals surface area contributed by atoms with Gasteiger partial charge in [0.1, 0.15) is 6.61 Å². The molecule has 0 bridgehead atoms. The minimum absolute atomic E-state index is 0.00638. The maximum atomic E-state index is 11.8. The Labute approximate surface area is 125 Å². The van der Waals surface area contributed by atoms with Crippen molar-refractivity contribution in [3.63, 3.8) is 0 Å². The Morgan fingerprint density at radius 3 is 2.43 bits per heavy atom. The lowest BCUT2D eigenvalue weighted by molar-refractivity contribution is -0.119. The van der Waals surface area contributed by atoms with Crippen molar-refractivity contribution in [2.45, 2.75) is 19.8 Å². The van der Waals surface area contributed by atoms with Crippen molar-refractivity contribution in [3.8, 4) is 0 Å². The maximum Gasteiger partial charge on any atom is 0.250 e. The van der Waals surface area contributed by atoms with Crippen molar-refractivity contribution in [2.24, 2.45) is 11.7 Å². The molecule has 0 radical (unpaired) electrons. The summed E-state index contributed by atoms with van der Waals surface area (Å²) in [5.74, 6) is 0.0313. The van der Waals surface area contributed by atoms with Crippen LogP contribution in [0.4, 0.5) is 11.4 Å². The van der Waals surface area contributed by atoms with Gasteiger partial charge < -0.3 is 21.1 Å². The highest BCUT2D eigenvalue weighted by Gasteiger charge is 2.07. The van der Waals surface area contributed by atoms with E-state index in [2.05, 4.69) is 10.6 Å². The van der Waals surface area contributed by atoms with Crippen molar-refractivity contribution in [1.29, 1.82) is 0 Å². The van der Waals surface area contributed by atoms with Gasteiger partial charge in [-0.2, -0.15) is 0 Å². The van der Waals surface area contributed by atoms with Gasteiger partial charge in [0, 0.05) is 24.9 Å². The molecule has 6 heteroatoms. The van der Waals surface area contributed by atoms with Crippen LogP contribution in [-0.4, -0.2) is 32.1 Å². The van der Waals surface area contributed by atoms with E-state index in [0.29, 0.717) is 30.3 Å². The molecule has 0 aromatic heterocycles. The SMILES string of the molecule is COCC(=O)Nc1cccc(NC(=O)CCC(C)CN)c1. The lowest BCUT2D eigenvalue weighted by atomic mass is 10.1. The summed E-state index contributed by atoms with van der Waals surface area (Å²) in [6.45, 7) is 2.58. The molecular formula is C15H23N3O3. The van der Waals surface area contributed by atoms with Gasteiger partial charge in [0.15, 0.2) is 0 Å². The van der Waals surface area contributed by atoms with E-state index in [1.807, 2.05) is 6.92 Å². The Morgan fingerprint density at radius 1 is 1.24 bits per heavy atom. The van der Waals surface area contributed by atoms with Crippen LogP contribution in [0.5, 0.6) is 0 Å². The predicted octanol–water partition coefficient (Wildman–Crippen LogP) is 1.58. The first-order valence-corrected chi connectivity index (χ1v) is 6.94. The Bertz CT molecular complexity index is 477. The average Bonchev–Trinajstić information content (AvgIpc) is 2.45. The molecular weight excluding hydrogens is 270 g/mol. The number of carbonyl (C=O) groups is 2. The summed E-state index contributed by atoms with van der Waals surface area (Å²) in [6.07, 6.45) is 1.19. The lowest BCUT2D eigenvalue weighted by Crippen LogP contribution is -2.18. The minimum Gasteiger partial charge on any atom is -0.375 e. The second-order valence-corrected chi connectivity index (χ2v) is 4.99. The van der Waals surface area contributed by atoms with E-state index in [4.69, 9.17) is 10.5 Å². The standard InChI is InChI=1S/C15H23N3O3/c1-11(9-16)6-7-14(19)17-12-4-3-5-13(8-12)18-15(20)10-21-2/h3-5,8,11H,6-7,9-10,16H2,1-2H3,(H,17,19)(H,18,20). The second kappa shape index (κ2) is 9.10. The Kier molecular flexibility index (Phi) is 7.42. The van der Waals surface area contributed by atoms with Crippen LogP contribution in [0.3, 0.4) is 0 Å². The van der Waals surface area contributed by atoms with Gasteiger partial charge in [-0.3, -0.25) is 9.59 Å². The van der Waals surface area contributed by atoms with Gasteiger partial charge in [-0.05, 0) is 37.1 Å². The third-order valence-electron chi connectivity index (χ3n) is 2.97. The molecule has 1 atom stereocenters. The molecule has 0 saturated heterocycles. The number of ether oxygens (including phenoxy) is 1. The second-order valence-electron chi connectivity index (χ2n) is 4.99. The fourth-order valence-electron chi connectivity index (χ4n) is 1.72. The number of amides is 2. The van der Waals surface area contributed by atoms with E-state index in [1.54, 1.807) is 24.3 Å². The molecule has 21 heavy (non-hydrogen) atoms. The van der Waals surface area contributed by atoms with Gasteiger partial charge >= 0.3 is 0 Å². The number of methoxy groups -OCH3 is 1. The van der Waals surface area contributed by atoms with Crippen LogP contribution in [0.2, 0.25) is 0 Å². The van der Waals surface area contributed by atoms with Gasteiger partial charge in [-0.25, -0.2) is 0 Å². The molecule has 116 valence electrons. The maximum absolute atomic E-state index is 11.8. The van der Waals surface area contributed by atoms with Crippen molar-refractivity contribution < 1.29 is 14.3 Å². The molecule has 0 heterocycles. The monoisotopic (exact) mass is 293 g/mol. The molecule has 0 aliphatic heterocycles. The minimum atomic E-state index is -0.238. The zero-order valence-electron chi connectivity index (χ0n) is 12.5. The molecule has 1 unspecified atom stereocenters. The third-order valence-corrected chi connectivity index (χ3v) is 2.97. The van der Waals surface area contributed by atoms with Crippen molar-refractivity contribution in [3.05, 3.63) is 24.3 Å². The smallest absolute Gasteiger partial charge is 0.250 e. The molecule has 0 fully saturated rings. The van der Waals surface area contributed by atoms with Crippen LogP contribution >= 0.6 is 0 Å². The summed E-state index contributed by atoms with van der Waals surface area (Å²) in [4.78, 5) is 23.2. The van der Waals surface area contributed by atoms with E-state index in [9.17, 15) is 9.59 Å². The molecule has 6 nitrogen and oxygen atoms in total. The van der Waals surface area contributed by atoms with Crippen molar-refractivity contribution in [2.75, 3.05) is 30.9 Å². The summed E-state index contributed by atoms with van der Waals surface area (Å²) >= 11 is 0. The number of anilines is 2. The number of carbonyl (C=O) groups excluding carboxylic acids is 2. The summed E-state index contributed by atoms with van der Waals surface area (Å²) in [6, 6.07) is 6.99. The van der Waals surface area contributed by atoms with Crippen LogP contribution in [0.1, 0.15) is 19.8 Å². The Morgan fingerprint density at radius 2 is 1.86 bits per heavy atom. The van der Waals surface area contributed by atoms with Crippen molar-refractivity contribution in [1.82, 2.24) is 0 Å². The number of benzene rings is 1. The van der Waals surface area contributed by atoms with E-state index in [1.165, 1.54) is 7.11 Å². The zero-order valence-corrected chi connectivity index (χ0v) is 12.5. The van der Waals surface area contributed by atoms with Crippen LogP contribution in [-0.2, 0) is 14.3 Å². The molecule has 0 aliphatic rings. The normalized spacial score (nSPS) is 11.8. The van der Waals surface area contributed by atoms with E-state index >= 15 is 0 Å². The van der Waals surface area contributed by atoms with Crippen LogP contribution < -0.4 is 16.4 Å². The van der Waals surface area contributed by atoms with Gasteiger partial charge in [-0.1, -0.05) is 13.0 Å². The number of rotatable bonds is 8. The Hall–Kier alpha value is -1.92. The molecule has 0 spiro atoms. The highest BCUT2D eigenvalue weighted by molar-refractivity contribution is 5.94. The van der Waals surface area contributed by atoms with Gasteiger partial charge in [0.25, 0.3) is 0 Å². The van der Waals surface area contributed by atoms with Gasteiger partial charge in [0.2, 0.25) is 11.8 Å². The number of nitrogens with one attached hydrogen (secondary N) is 2. The molecule has 1 rings (SSSR count). The summed E-state index contributed by atoms with van der Waals surface area (Å²) < 4.78 is 4.74. The van der Waals surface area contributed by atoms with Gasteiger partial charge in [0.05, 0.1) is 0 Å². The van der Waals surface area contributed by atoms with E-state index in [0.717, 1.165) is 6.42 Å². The summed E-state index contributed by atoms with van der Waals surface area (Å²) in [5, 5.41) is 5.49. The van der Waals surface area contributed by atoms with E-state index < -0.39 is 0 Å². The first kappa shape index (κ1) is 17.1. The molecule has 4 N–H and O–H groups in total. The van der Waals surface area contributed by atoms with Crippen LogP contribution in [0.15, 0.2) is 24.3 Å². The third kappa shape index (κ3) is 6.87. The quantitative estimate of drug-likeness (QED) is 0.678. The molecule has 0 aliphatic carbocycles. The van der Waals surface area contributed by atoms with Crippen LogP contribution in [0.25, 0.3) is 0 Å². The zero-order chi connectivity index (χ0) is 15.7. The highest BCUT2D eigenvalue weighted by Crippen LogP contribution is 2.16. The first-order valence-electron chi connectivity index (χ1n) is 6.94. The van der Waals surface area contributed by atoms with Crippen LogP contribution in [0, 0.1) is 5.92 Å². The largest absolute Gasteiger partial charge is 0.375 e. The Balaban J connectivity index is 2.52. The number of hydrogen-bond donors (Lipinski definition) is 3.